The van der Waals surface area contributed by atoms with Gasteiger partial charge in [0.1, 0.15) is 0 Å². The fourth-order valence-corrected chi connectivity index (χ4v) is 4.81. The second kappa shape index (κ2) is 13.1. The van der Waals surface area contributed by atoms with Crippen molar-refractivity contribution in [1.29, 1.82) is 0 Å². The van der Waals surface area contributed by atoms with Crippen molar-refractivity contribution >= 4 is 47.4 Å². The Kier molecular flexibility index (Phi) is 9.34. The van der Waals surface area contributed by atoms with E-state index < -0.39 is 5.97 Å². The number of hydrogen-bond acceptors (Lipinski definition) is 3. The minimum Gasteiger partial charge on any atom is -0.466 e. The molecule has 0 atom stereocenters. The van der Waals surface area contributed by atoms with Crippen molar-refractivity contribution in [3.05, 3.63) is 106 Å². The van der Waals surface area contributed by atoms with Gasteiger partial charge >= 0.3 is 5.97 Å². The standard InChI is InChI=1S/C32H32ClNO3/c1-37-31(35)20-19-26-8-6-12-30(22-26)34(32(36)28-9-3-2-4-10-28)23-27-17-14-24(15-18-27)13-16-25-7-5-11-29(33)21-25/h5-8,11-22,28H,2-4,9-10,23H2,1H3/b16-13+,20-19+. The van der Waals surface area contributed by atoms with Crippen LogP contribution in [0, 0.1) is 5.92 Å². The van der Waals surface area contributed by atoms with Crippen LogP contribution in [0.3, 0.4) is 0 Å². The minimum atomic E-state index is -0.412. The molecule has 0 spiro atoms. The molecule has 5 heteroatoms. The molecule has 3 aromatic carbocycles. The molecule has 0 aliphatic heterocycles. The molecule has 0 radical (unpaired) electrons. The smallest absolute Gasteiger partial charge is 0.330 e. The van der Waals surface area contributed by atoms with Crippen LogP contribution in [0.15, 0.2) is 78.9 Å². The van der Waals surface area contributed by atoms with Crippen LogP contribution in [-0.4, -0.2) is 19.0 Å². The zero-order valence-electron chi connectivity index (χ0n) is 21.1. The summed E-state index contributed by atoms with van der Waals surface area (Å²) in [6.45, 7) is 0.484. The summed E-state index contributed by atoms with van der Waals surface area (Å²) in [5.74, 6) is -0.202. The maximum Gasteiger partial charge on any atom is 0.330 e. The third kappa shape index (κ3) is 7.68. The van der Waals surface area contributed by atoms with Gasteiger partial charge in [0.2, 0.25) is 5.91 Å². The Hall–Kier alpha value is -3.63. The van der Waals surface area contributed by atoms with Gasteiger partial charge in [0.05, 0.1) is 13.7 Å². The summed E-state index contributed by atoms with van der Waals surface area (Å²) in [6.07, 6.45) is 12.4. The lowest BCUT2D eigenvalue weighted by atomic mass is 9.88. The van der Waals surface area contributed by atoms with Crippen molar-refractivity contribution < 1.29 is 14.3 Å². The fraction of sp³-hybridized carbons (Fsp3) is 0.250. The lowest BCUT2D eigenvalue weighted by Crippen LogP contribution is -2.36. The van der Waals surface area contributed by atoms with E-state index in [1.807, 2.05) is 59.5 Å². The van der Waals surface area contributed by atoms with E-state index in [4.69, 9.17) is 16.3 Å². The third-order valence-corrected chi connectivity index (χ3v) is 6.89. The number of methoxy groups -OCH3 is 1. The molecule has 190 valence electrons. The maximum atomic E-state index is 13.7. The molecule has 1 amide bonds. The van der Waals surface area contributed by atoms with E-state index in [1.54, 1.807) is 6.08 Å². The molecule has 0 bridgehead atoms. The van der Waals surface area contributed by atoms with E-state index >= 15 is 0 Å². The molecule has 0 unspecified atom stereocenters. The number of hydrogen-bond donors (Lipinski definition) is 0. The number of carbonyl (C=O) groups excluding carboxylic acids is 2. The number of amides is 1. The third-order valence-electron chi connectivity index (χ3n) is 6.65. The van der Waals surface area contributed by atoms with Crippen LogP contribution >= 0.6 is 11.6 Å². The van der Waals surface area contributed by atoms with Gasteiger partial charge in [-0.1, -0.05) is 91.5 Å². The second-order valence-electron chi connectivity index (χ2n) is 9.34. The number of carbonyl (C=O) groups is 2. The van der Waals surface area contributed by atoms with Gasteiger partial charge in [0, 0.05) is 22.7 Å². The number of nitrogens with zero attached hydrogens (tertiary/aromatic N) is 1. The zero-order valence-corrected chi connectivity index (χ0v) is 21.9. The highest BCUT2D eigenvalue weighted by atomic mass is 35.5. The van der Waals surface area contributed by atoms with Gasteiger partial charge in [-0.15, -0.1) is 0 Å². The number of anilines is 1. The lowest BCUT2D eigenvalue weighted by molar-refractivity contribution is -0.134. The predicted octanol–water partition coefficient (Wildman–Crippen LogP) is 7.81. The lowest BCUT2D eigenvalue weighted by Gasteiger charge is -2.30. The van der Waals surface area contributed by atoms with Gasteiger partial charge in [0.25, 0.3) is 0 Å². The van der Waals surface area contributed by atoms with E-state index in [2.05, 4.69) is 30.3 Å². The number of esters is 1. The Morgan fingerprint density at radius 2 is 1.54 bits per heavy atom. The average Bonchev–Trinajstić information content (AvgIpc) is 2.94. The first-order valence-electron chi connectivity index (χ1n) is 12.7. The molecule has 37 heavy (non-hydrogen) atoms. The summed E-state index contributed by atoms with van der Waals surface area (Å²) in [5.41, 5.74) is 4.84. The molecule has 1 aliphatic rings. The SMILES string of the molecule is COC(=O)/C=C/c1cccc(N(Cc2ccc(/C=C/c3cccc(Cl)c3)cc2)C(=O)C2CCCCC2)c1. The molecule has 1 saturated carbocycles. The number of benzene rings is 3. The monoisotopic (exact) mass is 513 g/mol. The van der Waals surface area contributed by atoms with Crippen LogP contribution in [0.4, 0.5) is 5.69 Å². The van der Waals surface area contributed by atoms with E-state index in [0.29, 0.717) is 11.6 Å². The Bertz CT molecular complexity index is 1270. The normalized spacial score (nSPS) is 14.2. The summed E-state index contributed by atoms with van der Waals surface area (Å²) in [4.78, 5) is 27.1. The number of rotatable bonds is 8. The van der Waals surface area contributed by atoms with Crippen LogP contribution in [0.2, 0.25) is 5.02 Å². The highest BCUT2D eigenvalue weighted by Gasteiger charge is 2.27. The summed E-state index contributed by atoms with van der Waals surface area (Å²) < 4.78 is 4.70. The molecular formula is C32H32ClNO3. The van der Waals surface area contributed by atoms with Gasteiger partial charge in [0.15, 0.2) is 0 Å². The summed E-state index contributed by atoms with van der Waals surface area (Å²) in [5, 5.41) is 0.713. The Labute approximate surface area is 224 Å². The average molecular weight is 514 g/mol. The van der Waals surface area contributed by atoms with Crippen molar-refractivity contribution in [2.45, 2.75) is 38.6 Å². The molecule has 0 N–H and O–H groups in total. The molecule has 1 aliphatic carbocycles. The summed E-state index contributed by atoms with van der Waals surface area (Å²) in [7, 11) is 1.35. The van der Waals surface area contributed by atoms with Crippen LogP contribution in [0.25, 0.3) is 18.2 Å². The van der Waals surface area contributed by atoms with Crippen molar-refractivity contribution in [1.82, 2.24) is 0 Å². The molecule has 3 aromatic rings. The van der Waals surface area contributed by atoms with Crippen molar-refractivity contribution in [3.63, 3.8) is 0 Å². The van der Waals surface area contributed by atoms with Crippen LogP contribution < -0.4 is 4.90 Å². The Morgan fingerprint density at radius 3 is 2.24 bits per heavy atom. The van der Waals surface area contributed by atoms with Crippen LogP contribution in [-0.2, 0) is 20.9 Å². The first-order valence-corrected chi connectivity index (χ1v) is 13.1. The molecule has 0 saturated heterocycles. The summed E-state index contributed by atoms with van der Waals surface area (Å²) >= 11 is 6.09. The van der Waals surface area contributed by atoms with Gasteiger partial charge in [-0.05, 0) is 65.4 Å². The molecule has 0 aromatic heterocycles. The first kappa shape index (κ1) is 26.4. The van der Waals surface area contributed by atoms with Crippen molar-refractivity contribution in [3.8, 4) is 0 Å². The van der Waals surface area contributed by atoms with E-state index in [-0.39, 0.29) is 11.8 Å². The van der Waals surface area contributed by atoms with Gasteiger partial charge in [-0.25, -0.2) is 4.79 Å². The molecule has 4 nitrogen and oxygen atoms in total. The number of halogens is 1. The number of ether oxygens (including phenoxy) is 1. The highest BCUT2D eigenvalue weighted by molar-refractivity contribution is 6.30. The Balaban J connectivity index is 1.55. The minimum absolute atomic E-state index is 0.0444. The van der Waals surface area contributed by atoms with Crippen molar-refractivity contribution in [2.75, 3.05) is 12.0 Å². The maximum absolute atomic E-state index is 13.7. The first-order chi connectivity index (χ1) is 18.0. The topological polar surface area (TPSA) is 46.6 Å². The Morgan fingerprint density at radius 1 is 0.865 bits per heavy atom. The van der Waals surface area contributed by atoms with Crippen molar-refractivity contribution in [2.24, 2.45) is 5.92 Å². The predicted molar refractivity (Wildman–Crippen MR) is 152 cm³/mol. The van der Waals surface area contributed by atoms with E-state index in [0.717, 1.165) is 53.6 Å². The van der Waals surface area contributed by atoms with Gasteiger partial charge in [-0.3, -0.25) is 4.79 Å². The second-order valence-corrected chi connectivity index (χ2v) is 9.78. The molecule has 0 heterocycles. The molecule has 4 rings (SSSR count). The van der Waals surface area contributed by atoms with Gasteiger partial charge in [-0.2, -0.15) is 0 Å². The molecule has 1 fully saturated rings. The molecular weight excluding hydrogens is 482 g/mol. The largest absolute Gasteiger partial charge is 0.466 e. The fourth-order valence-electron chi connectivity index (χ4n) is 4.61. The van der Waals surface area contributed by atoms with E-state index in [1.165, 1.54) is 19.6 Å². The van der Waals surface area contributed by atoms with Gasteiger partial charge < -0.3 is 9.64 Å². The quantitative estimate of drug-likeness (QED) is 0.175. The highest BCUT2D eigenvalue weighted by Crippen LogP contribution is 2.29. The van der Waals surface area contributed by atoms with Crippen LogP contribution in [0.1, 0.15) is 54.4 Å². The van der Waals surface area contributed by atoms with Crippen LogP contribution in [0.5, 0.6) is 0 Å². The zero-order chi connectivity index (χ0) is 26.0. The van der Waals surface area contributed by atoms with E-state index in [9.17, 15) is 9.59 Å². The summed E-state index contributed by atoms with van der Waals surface area (Å²) in [6, 6.07) is 23.7.